The van der Waals surface area contributed by atoms with Gasteiger partial charge in [-0.15, -0.1) is 0 Å². The quantitative estimate of drug-likeness (QED) is 0.941. The van der Waals surface area contributed by atoms with Crippen LogP contribution in [0, 0.1) is 5.82 Å². The summed E-state index contributed by atoms with van der Waals surface area (Å²) in [5.74, 6) is -0.178. The molecule has 1 aromatic carbocycles. The lowest BCUT2D eigenvalue weighted by atomic mass is 9.89. The van der Waals surface area contributed by atoms with Gasteiger partial charge in [-0.1, -0.05) is 6.07 Å². The molecule has 0 amide bonds. The molecule has 21 heavy (non-hydrogen) atoms. The standard InChI is InChI=1S/C17H22FN3/c1-17(19-2)5-8-21(9-6-17)12-14-11-15(18)10-13-4-3-7-20-16(13)14/h3-4,7,10-11,19H,5-6,8-9,12H2,1-2H3. The van der Waals surface area contributed by atoms with Crippen molar-refractivity contribution < 1.29 is 4.39 Å². The average molecular weight is 287 g/mol. The van der Waals surface area contributed by atoms with Crippen LogP contribution < -0.4 is 5.32 Å². The van der Waals surface area contributed by atoms with E-state index >= 15 is 0 Å². The van der Waals surface area contributed by atoms with Crippen LogP contribution in [-0.4, -0.2) is 35.6 Å². The molecular weight excluding hydrogens is 265 g/mol. The van der Waals surface area contributed by atoms with Crippen LogP contribution in [0.15, 0.2) is 30.5 Å². The molecule has 1 N–H and O–H groups in total. The summed E-state index contributed by atoms with van der Waals surface area (Å²) in [7, 11) is 2.03. The monoisotopic (exact) mass is 287 g/mol. The van der Waals surface area contributed by atoms with E-state index in [2.05, 4.69) is 22.1 Å². The number of pyridine rings is 1. The maximum absolute atomic E-state index is 13.8. The average Bonchev–Trinajstić information content (AvgIpc) is 2.49. The first-order chi connectivity index (χ1) is 10.1. The zero-order valence-corrected chi connectivity index (χ0v) is 12.7. The Kier molecular flexibility index (Phi) is 3.91. The zero-order chi connectivity index (χ0) is 14.9. The highest BCUT2D eigenvalue weighted by molar-refractivity contribution is 5.81. The summed E-state index contributed by atoms with van der Waals surface area (Å²) >= 11 is 0. The van der Waals surface area contributed by atoms with Gasteiger partial charge in [-0.25, -0.2) is 4.39 Å². The Labute approximate surface area is 125 Å². The Bertz CT molecular complexity index is 633. The number of benzene rings is 1. The Morgan fingerprint density at radius 1 is 1.33 bits per heavy atom. The molecular formula is C17H22FN3. The first-order valence-electron chi connectivity index (χ1n) is 7.54. The molecule has 0 atom stereocenters. The lowest BCUT2D eigenvalue weighted by Gasteiger charge is -2.39. The third-order valence-electron chi connectivity index (χ3n) is 4.71. The molecule has 3 rings (SSSR count). The predicted molar refractivity (Wildman–Crippen MR) is 83.7 cm³/mol. The van der Waals surface area contributed by atoms with Gasteiger partial charge >= 0.3 is 0 Å². The number of likely N-dealkylation sites (tertiary alicyclic amines) is 1. The highest BCUT2D eigenvalue weighted by Crippen LogP contribution is 2.25. The first-order valence-corrected chi connectivity index (χ1v) is 7.54. The van der Waals surface area contributed by atoms with E-state index in [1.807, 2.05) is 19.2 Å². The maximum atomic E-state index is 13.8. The summed E-state index contributed by atoms with van der Waals surface area (Å²) in [5, 5.41) is 4.28. The van der Waals surface area contributed by atoms with E-state index in [1.165, 1.54) is 0 Å². The minimum atomic E-state index is -0.178. The minimum absolute atomic E-state index is 0.178. The number of piperidine rings is 1. The third kappa shape index (κ3) is 3.06. The molecule has 0 aliphatic carbocycles. The predicted octanol–water partition coefficient (Wildman–Crippen LogP) is 2.95. The highest BCUT2D eigenvalue weighted by atomic mass is 19.1. The van der Waals surface area contributed by atoms with Crippen LogP contribution in [0.25, 0.3) is 10.9 Å². The topological polar surface area (TPSA) is 28.2 Å². The van der Waals surface area contributed by atoms with Crippen molar-refractivity contribution in [3.8, 4) is 0 Å². The van der Waals surface area contributed by atoms with Crippen molar-refractivity contribution in [1.29, 1.82) is 0 Å². The fraction of sp³-hybridized carbons (Fsp3) is 0.471. The summed E-state index contributed by atoms with van der Waals surface area (Å²) in [6, 6.07) is 6.95. The second kappa shape index (κ2) is 5.70. The van der Waals surface area contributed by atoms with Gasteiger partial charge in [0.1, 0.15) is 5.82 Å². The second-order valence-electron chi connectivity index (χ2n) is 6.23. The van der Waals surface area contributed by atoms with Gasteiger partial charge in [0.2, 0.25) is 0 Å². The van der Waals surface area contributed by atoms with Gasteiger partial charge in [-0.2, -0.15) is 0 Å². The van der Waals surface area contributed by atoms with E-state index in [0.717, 1.165) is 48.9 Å². The third-order valence-corrected chi connectivity index (χ3v) is 4.71. The zero-order valence-electron chi connectivity index (χ0n) is 12.7. The summed E-state index contributed by atoms with van der Waals surface area (Å²) in [6.45, 7) is 5.10. The molecule has 2 heterocycles. The summed E-state index contributed by atoms with van der Waals surface area (Å²) < 4.78 is 13.8. The molecule has 1 saturated heterocycles. The molecule has 3 nitrogen and oxygen atoms in total. The SMILES string of the molecule is CNC1(C)CCN(Cc2cc(F)cc3cccnc23)CC1. The maximum Gasteiger partial charge on any atom is 0.124 e. The largest absolute Gasteiger partial charge is 0.314 e. The van der Waals surface area contributed by atoms with Crippen LogP contribution in [0.2, 0.25) is 0 Å². The van der Waals surface area contributed by atoms with Crippen LogP contribution in [0.1, 0.15) is 25.3 Å². The van der Waals surface area contributed by atoms with Gasteiger partial charge in [-0.05, 0) is 50.6 Å². The Morgan fingerprint density at radius 2 is 2.10 bits per heavy atom. The van der Waals surface area contributed by atoms with E-state index in [0.29, 0.717) is 0 Å². The molecule has 1 aliphatic heterocycles. The number of aromatic nitrogens is 1. The van der Waals surface area contributed by atoms with Crippen LogP contribution in [0.4, 0.5) is 4.39 Å². The van der Waals surface area contributed by atoms with Gasteiger partial charge in [0, 0.05) is 36.8 Å². The van der Waals surface area contributed by atoms with Crippen LogP contribution in [0.3, 0.4) is 0 Å². The lowest BCUT2D eigenvalue weighted by Crippen LogP contribution is -2.49. The molecule has 1 aromatic heterocycles. The van der Waals surface area contributed by atoms with Gasteiger partial charge in [0.15, 0.2) is 0 Å². The molecule has 112 valence electrons. The van der Waals surface area contributed by atoms with E-state index in [9.17, 15) is 4.39 Å². The number of halogens is 1. The highest BCUT2D eigenvalue weighted by Gasteiger charge is 2.28. The molecule has 1 aliphatic rings. The van der Waals surface area contributed by atoms with E-state index in [4.69, 9.17) is 0 Å². The molecule has 0 saturated carbocycles. The second-order valence-corrected chi connectivity index (χ2v) is 6.23. The molecule has 0 radical (unpaired) electrons. The Morgan fingerprint density at radius 3 is 2.81 bits per heavy atom. The molecule has 0 unspecified atom stereocenters. The van der Waals surface area contributed by atoms with Crippen LogP contribution >= 0.6 is 0 Å². The van der Waals surface area contributed by atoms with Crippen molar-refractivity contribution in [3.05, 3.63) is 41.8 Å². The van der Waals surface area contributed by atoms with E-state index in [-0.39, 0.29) is 11.4 Å². The fourth-order valence-corrected chi connectivity index (χ4v) is 3.04. The van der Waals surface area contributed by atoms with Crippen molar-refractivity contribution in [2.24, 2.45) is 0 Å². The minimum Gasteiger partial charge on any atom is -0.314 e. The summed E-state index contributed by atoms with van der Waals surface area (Å²) in [6.07, 6.45) is 4.01. The lowest BCUT2D eigenvalue weighted by molar-refractivity contribution is 0.146. The van der Waals surface area contributed by atoms with Crippen LogP contribution in [0.5, 0.6) is 0 Å². The first kappa shape index (κ1) is 14.4. The molecule has 4 heteroatoms. The Hall–Kier alpha value is -1.52. The number of fused-ring (bicyclic) bond motifs is 1. The van der Waals surface area contributed by atoms with Crippen molar-refractivity contribution in [1.82, 2.24) is 15.2 Å². The number of nitrogens with zero attached hydrogens (tertiary/aromatic N) is 2. The van der Waals surface area contributed by atoms with Crippen molar-refractivity contribution in [2.75, 3.05) is 20.1 Å². The fourth-order valence-electron chi connectivity index (χ4n) is 3.04. The Balaban J connectivity index is 1.80. The summed E-state index contributed by atoms with van der Waals surface area (Å²) in [5.41, 5.74) is 2.14. The van der Waals surface area contributed by atoms with Crippen LogP contribution in [-0.2, 0) is 6.54 Å². The normalized spacial score (nSPS) is 19.0. The van der Waals surface area contributed by atoms with Crippen molar-refractivity contribution >= 4 is 10.9 Å². The number of hydrogen-bond donors (Lipinski definition) is 1. The summed E-state index contributed by atoms with van der Waals surface area (Å²) in [4.78, 5) is 6.82. The van der Waals surface area contributed by atoms with Gasteiger partial charge in [-0.3, -0.25) is 9.88 Å². The smallest absolute Gasteiger partial charge is 0.124 e. The van der Waals surface area contributed by atoms with Crippen molar-refractivity contribution in [3.63, 3.8) is 0 Å². The molecule has 0 spiro atoms. The van der Waals surface area contributed by atoms with Crippen molar-refractivity contribution in [2.45, 2.75) is 31.8 Å². The molecule has 0 bridgehead atoms. The van der Waals surface area contributed by atoms with E-state index in [1.54, 1.807) is 18.3 Å². The van der Waals surface area contributed by atoms with Gasteiger partial charge < -0.3 is 5.32 Å². The molecule has 2 aromatic rings. The van der Waals surface area contributed by atoms with E-state index < -0.39 is 0 Å². The number of nitrogens with one attached hydrogen (secondary N) is 1. The number of rotatable bonds is 3. The van der Waals surface area contributed by atoms with Gasteiger partial charge in [0.05, 0.1) is 5.52 Å². The number of hydrogen-bond acceptors (Lipinski definition) is 3. The molecule has 1 fully saturated rings. The van der Waals surface area contributed by atoms with Gasteiger partial charge in [0.25, 0.3) is 0 Å².